The summed E-state index contributed by atoms with van der Waals surface area (Å²) < 4.78 is 17.7. The van der Waals surface area contributed by atoms with E-state index < -0.39 is 0 Å². The molecule has 0 aliphatic rings. The molecule has 366 valence electrons. The molecule has 0 saturated carbocycles. The van der Waals surface area contributed by atoms with E-state index >= 15 is 0 Å². The summed E-state index contributed by atoms with van der Waals surface area (Å²) in [6.45, 7) is 4.38. The summed E-state index contributed by atoms with van der Waals surface area (Å²) in [6.07, 6.45) is 4.89. The fourth-order valence-corrected chi connectivity index (χ4v) is 6.83. The lowest BCUT2D eigenvalue weighted by atomic mass is 10.1. The third kappa shape index (κ3) is 15.6. The van der Waals surface area contributed by atoms with E-state index in [0.29, 0.717) is 43.1 Å². The van der Waals surface area contributed by atoms with Crippen LogP contribution >= 0.6 is 0 Å². The van der Waals surface area contributed by atoms with E-state index in [2.05, 4.69) is 60.0 Å². The molecule has 0 fully saturated rings. The Balaban J connectivity index is 0.000000158. The Labute approximate surface area is 422 Å². The van der Waals surface area contributed by atoms with Crippen LogP contribution in [0.15, 0.2) is 183 Å². The molecular weight excluding hydrogens is 901 g/mol. The average molecular weight is 961 g/mol. The smallest absolute Gasteiger partial charge is 0.186 e. The molecule has 72 heavy (non-hydrogen) atoms. The molecular formula is C57H60N12O3. The number of hydrogen-bond donors (Lipinski definition) is 0. The summed E-state index contributed by atoms with van der Waals surface area (Å²) in [5.74, 6) is 4.80. The van der Waals surface area contributed by atoms with Gasteiger partial charge in [-0.1, -0.05) is 127 Å². The van der Waals surface area contributed by atoms with Crippen molar-refractivity contribution in [1.82, 2.24) is 60.0 Å². The van der Waals surface area contributed by atoms with Crippen LogP contribution < -0.4 is 14.2 Å². The van der Waals surface area contributed by atoms with Gasteiger partial charge in [0.1, 0.15) is 43.4 Å². The minimum Gasteiger partial charge on any atom is -0.492 e. The van der Waals surface area contributed by atoms with Crippen LogP contribution in [0.25, 0.3) is 68.1 Å². The molecule has 0 amide bonds. The molecule has 0 radical (unpaired) electrons. The van der Waals surface area contributed by atoms with Crippen molar-refractivity contribution in [1.29, 1.82) is 0 Å². The molecule has 15 heteroatoms. The lowest BCUT2D eigenvalue weighted by Gasteiger charge is -2.13. The molecule has 9 aromatic rings. The first-order chi connectivity index (χ1) is 35.2. The minimum absolute atomic E-state index is 0.566. The first kappa shape index (κ1) is 51.5. The standard InChI is InChI=1S/3C19H20N4O/c1-23(2)12-13-24-18-11-7-6-10-16(18)17-14-20-22-19(21-17)15-8-4-3-5-9-15;1-23(2)12-13-24-18-11-7-6-10-16(18)19-21-17(14-20-22-19)15-8-4-3-5-9-15;1-23(2)12-13-24-17-11-7-6-10-16(17)19-21-14-20-18(22-19)15-8-4-3-5-9-15/h3*3-11,14H,12-13H2,1-2H3. The van der Waals surface area contributed by atoms with E-state index in [1.807, 2.05) is 206 Å². The zero-order valence-electron chi connectivity index (χ0n) is 41.7. The van der Waals surface area contributed by atoms with Gasteiger partial charge in [0.05, 0.1) is 34.9 Å². The van der Waals surface area contributed by atoms with Crippen LogP contribution in [0.4, 0.5) is 0 Å². The Kier molecular flexibility index (Phi) is 19.4. The van der Waals surface area contributed by atoms with Crippen molar-refractivity contribution in [2.45, 2.75) is 0 Å². The molecule has 6 aromatic carbocycles. The van der Waals surface area contributed by atoms with Gasteiger partial charge in [-0.25, -0.2) is 24.9 Å². The number of benzene rings is 6. The Bertz CT molecular complexity index is 2690. The van der Waals surface area contributed by atoms with Crippen LogP contribution in [0.5, 0.6) is 17.2 Å². The van der Waals surface area contributed by atoms with Crippen molar-refractivity contribution in [2.24, 2.45) is 0 Å². The molecule has 3 aromatic heterocycles. The monoisotopic (exact) mass is 960 g/mol. The maximum Gasteiger partial charge on any atom is 0.186 e. The first-order valence-corrected chi connectivity index (χ1v) is 23.6. The van der Waals surface area contributed by atoms with Gasteiger partial charge in [-0.3, -0.25) is 0 Å². The summed E-state index contributed by atoms with van der Waals surface area (Å²) in [7, 11) is 12.1. The second-order valence-electron chi connectivity index (χ2n) is 17.0. The van der Waals surface area contributed by atoms with Gasteiger partial charge in [0.25, 0.3) is 0 Å². The minimum atomic E-state index is 0.566. The summed E-state index contributed by atoms with van der Waals surface area (Å²) >= 11 is 0. The predicted molar refractivity (Wildman–Crippen MR) is 284 cm³/mol. The normalized spacial score (nSPS) is 10.8. The third-order valence-electron chi connectivity index (χ3n) is 10.6. The summed E-state index contributed by atoms with van der Waals surface area (Å²) in [6, 6.07) is 53.2. The summed E-state index contributed by atoms with van der Waals surface area (Å²) in [5, 5.41) is 16.6. The van der Waals surface area contributed by atoms with E-state index in [1.165, 1.54) is 0 Å². The number of hydrogen-bond acceptors (Lipinski definition) is 15. The van der Waals surface area contributed by atoms with Gasteiger partial charge in [-0.15, -0.1) is 10.2 Å². The summed E-state index contributed by atoms with van der Waals surface area (Å²) in [5.41, 5.74) is 7.11. The van der Waals surface area contributed by atoms with Crippen molar-refractivity contribution in [3.63, 3.8) is 0 Å². The largest absolute Gasteiger partial charge is 0.492 e. The molecule has 0 N–H and O–H groups in total. The second-order valence-corrected chi connectivity index (χ2v) is 17.0. The fourth-order valence-electron chi connectivity index (χ4n) is 6.83. The van der Waals surface area contributed by atoms with Gasteiger partial charge in [0.2, 0.25) is 0 Å². The number of aromatic nitrogens is 9. The van der Waals surface area contributed by atoms with E-state index in [0.717, 1.165) is 81.7 Å². The van der Waals surface area contributed by atoms with Gasteiger partial charge in [0, 0.05) is 41.9 Å². The third-order valence-corrected chi connectivity index (χ3v) is 10.6. The van der Waals surface area contributed by atoms with Gasteiger partial charge >= 0.3 is 0 Å². The number of rotatable bonds is 18. The second kappa shape index (κ2) is 27.1. The maximum absolute atomic E-state index is 5.92. The van der Waals surface area contributed by atoms with Crippen molar-refractivity contribution in [3.05, 3.63) is 183 Å². The van der Waals surface area contributed by atoms with Crippen LogP contribution in [0.1, 0.15) is 0 Å². The molecule has 0 saturated heterocycles. The van der Waals surface area contributed by atoms with Gasteiger partial charge < -0.3 is 28.9 Å². The maximum atomic E-state index is 5.92. The quantitative estimate of drug-likeness (QED) is 0.0802. The van der Waals surface area contributed by atoms with Gasteiger partial charge in [-0.2, -0.15) is 10.2 Å². The number of ether oxygens (including phenoxy) is 3. The topological polar surface area (TPSA) is 153 Å². The Morgan fingerprint density at radius 1 is 0.347 bits per heavy atom. The molecule has 15 nitrogen and oxygen atoms in total. The van der Waals surface area contributed by atoms with Crippen LogP contribution in [0.2, 0.25) is 0 Å². The highest BCUT2D eigenvalue weighted by molar-refractivity contribution is 5.69. The highest BCUT2D eigenvalue weighted by Gasteiger charge is 2.14. The van der Waals surface area contributed by atoms with Crippen molar-refractivity contribution in [2.75, 3.05) is 81.7 Å². The van der Waals surface area contributed by atoms with Crippen LogP contribution in [-0.4, -0.2) is 142 Å². The van der Waals surface area contributed by atoms with Crippen molar-refractivity contribution in [3.8, 4) is 85.3 Å². The van der Waals surface area contributed by atoms with Crippen LogP contribution in [-0.2, 0) is 0 Å². The van der Waals surface area contributed by atoms with E-state index in [-0.39, 0.29) is 0 Å². The van der Waals surface area contributed by atoms with E-state index in [9.17, 15) is 0 Å². The van der Waals surface area contributed by atoms with Crippen LogP contribution in [0, 0.1) is 0 Å². The van der Waals surface area contributed by atoms with E-state index in [4.69, 9.17) is 14.2 Å². The molecule has 0 bridgehead atoms. The number of para-hydroxylation sites is 3. The number of likely N-dealkylation sites (N-methyl/N-ethyl adjacent to an activating group) is 3. The van der Waals surface area contributed by atoms with Crippen LogP contribution in [0.3, 0.4) is 0 Å². The lowest BCUT2D eigenvalue weighted by molar-refractivity contribution is 0.262. The molecule has 0 spiro atoms. The number of nitrogens with zero attached hydrogens (tertiary/aromatic N) is 12. The molecule has 0 unspecified atom stereocenters. The zero-order valence-corrected chi connectivity index (χ0v) is 41.7. The van der Waals surface area contributed by atoms with Crippen molar-refractivity contribution >= 4 is 0 Å². The Morgan fingerprint density at radius 2 is 0.722 bits per heavy atom. The molecule has 0 aliphatic heterocycles. The van der Waals surface area contributed by atoms with E-state index in [1.54, 1.807) is 18.7 Å². The highest BCUT2D eigenvalue weighted by atomic mass is 16.5. The molecule has 3 heterocycles. The Hall–Kier alpha value is -8.37. The highest BCUT2D eigenvalue weighted by Crippen LogP contribution is 2.31. The summed E-state index contributed by atoms with van der Waals surface area (Å²) in [4.78, 5) is 28.8. The molecule has 9 rings (SSSR count). The average Bonchev–Trinajstić information content (AvgIpc) is 3.42. The zero-order chi connectivity index (χ0) is 50.3. The van der Waals surface area contributed by atoms with Gasteiger partial charge in [0.15, 0.2) is 23.3 Å². The Morgan fingerprint density at radius 3 is 1.24 bits per heavy atom. The lowest BCUT2D eigenvalue weighted by Crippen LogP contribution is -2.19. The first-order valence-electron chi connectivity index (χ1n) is 23.6. The predicted octanol–water partition coefficient (Wildman–Crippen LogP) is 9.44. The fraction of sp³-hybridized carbons (Fsp3) is 0.211. The molecule has 0 atom stereocenters. The molecule has 0 aliphatic carbocycles. The van der Waals surface area contributed by atoms with Crippen molar-refractivity contribution < 1.29 is 14.2 Å². The van der Waals surface area contributed by atoms with Gasteiger partial charge in [-0.05, 0) is 78.7 Å². The SMILES string of the molecule is CN(C)CCOc1ccccc1-c1cnnc(-c2ccccc2)n1.CN(C)CCOc1ccccc1-c1ncnc(-c2ccccc2)n1.CN(C)CCOc1ccccc1-c1nncc(-c2ccccc2)n1.